The van der Waals surface area contributed by atoms with Gasteiger partial charge in [-0.25, -0.2) is 9.97 Å². The van der Waals surface area contributed by atoms with E-state index in [0.29, 0.717) is 18.5 Å². The van der Waals surface area contributed by atoms with E-state index in [9.17, 15) is 4.79 Å². The van der Waals surface area contributed by atoms with Crippen LogP contribution in [0.5, 0.6) is 0 Å². The van der Waals surface area contributed by atoms with Gasteiger partial charge in [0, 0.05) is 30.5 Å². The molecule has 2 fully saturated rings. The minimum Gasteiger partial charge on any atom is -0.361 e. The fourth-order valence-corrected chi connectivity index (χ4v) is 3.75. The number of aromatic nitrogens is 2. The van der Waals surface area contributed by atoms with Crippen LogP contribution in [0.4, 0.5) is 5.82 Å². The van der Waals surface area contributed by atoms with Crippen molar-refractivity contribution in [1.82, 2.24) is 20.6 Å². The number of carbonyl (C=O) groups excluding carboxylic acids is 1. The van der Waals surface area contributed by atoms with Crippen molar-refractivity contribution >= 4 is 11.7 Å². The lowest BCUT2D eigenvalue weighted by atomic mass is 10.0. The van der Waals surface area contributed by atoms with E-state index in [0.717, 1.165) is 50.4 Å². The molecule has 2 heterocycles. The van der Waals surface area contributed by atoms with Gasteiger partial charge in [-0.3, -0.25) is 4.79 Å². The van der Waals surface area contributed by atoms with Crippen molar-refractivity contribution in [2.24, 2.45) is 0 Å². The van der Waals surface area contributed by atoms with Gasteiger partial charge in [0.1, 0.15) is 11.6 Å². The number of fused-ring (bicyclic) bond motifs is 1. The zero-order chi connectivity index (χ0) is 16.4. The zero-order valence-corrected chi connectivity index (χ0v) is 14.2. The molecule has 3 aliphatic rings. The van der Waals surface area contributed by atoms with Gasteiger partial charge in [0.15, 0.2) is 0 Å². The highest BCUT2D eigenvalue weighted by Gasteiger charge is 2.25. The molecule has 1 aromatic heterocycles. The van der Waals surface area contributed by atoms with Gasteiger partial charge in [-0.05, 0) is 38.6 Å². The summed E-state index contributed by atoms with van der Waals surface area (Å²) in [5, 5.41) is 9.77. The van der Waals surface area contributed by atoms with E-state index in [-0.39, 0.29) is 5.91 Å². The first-order valence-corrected chi connectivity index (χ1v) is 9.43. The average Bonchev–Trinajstić information content (AvgIpc) is 3.29. The van der Waals surface area contributed by atoms with Gasteiger partial charge < -0.3 is 16.0 Å². The summed E-state index contributed by atoms with van der Waals surface area (Å²) in [5.74, 6) is 2.43. The van der Waals surface area contributed by atoms with Crippen LogP contribution in [0.25, 0.3) is 0 Å². The molecule has 1 aromatic rings. The lowest BCUT2D eigenvalue weighted by Crippen LogP contribution is -2.32. The standard InChI is InChI=1S/C18H27N5O/c24-16(21-13-5-6-13)11-20-18-14-7-9-19-10-8-15(14)22-17(23-18)12-3-1-2-4-12/h12-13,19H,1-11H2,(H,21,24)(H,20,22,23). The van der Waals surface area contributed by atoms with E-state index in [1.54, 1.807) is 0 Å². The predicted molar refractivity (Wildman–Crippen MR) is 93.2 cm³/mol. The Labute approximate surface area is 143 Å². The SMILES string of the molecule is O=C(CNc1nc(C2CCCC2)nc2c1CCNCC2)NC1CC1. The highest BCUT2D eigenvalue weighted by molar-refractivity contribution is 5.81. The smallest absolute Gasteiger partial charge is 0.239 e. The van der Waals surface area contributed by atoms with E-state index < -0.39 is 0 Å². The lowest BCUT2D eigenvalue weighted by molar-refractivity contribution is -0.119. The molecule has 4 rings (SSSR count). The molecule has 6 heteroatoms. The highest BCUT2D eigenvalue weighted by Crippen LogP contribution is 2.34. The van der Waals surface area contributed by atoms with Crippen LogP contribution in [0.3, 0.4) is 0 Å². The van der Waals surface area contributed by atoms with Gasteiger partial charge in [-0.15, -0.1) is 0 Å². The maximum atomic E-state index is 12.0. The molecule has 2 aliphatic carbocycles. The summed E-state index contributed by atoms with van der Waals surface area (Å²) in [6.07, 6.45) is 9.04. The Balaban J connectivity index is 1.54. The minimum atomic E-state index is 0.0685. The van der Waals surface area contributed by atoms with Crippen molar-refractivity contribution < 1.29 is 4.79 Å². The normalized spacial score (nSPS) is 21.2. The Morgan fingerprint density at radius 1 is 1.08 bits per heavy atom. The van der Waals surface area contributed by atoms with E-state index >= 15 is 0 Å². The van der Waals surface area contributed by atoms with Crippen LogP contribution in [0.1, 0.15) is 61.5 Å². The predicted octanol–water partition coefficient (Wildman–Crippen LogP) is 1.51. The van der Waals surface area contributed by atoms with E-state index in [1.165, 1.54) is 36.9 Å². The van der Waals surface area contributed by atoms with Crippen molar-refractivity contribution in [3.63, 3.8) is 0 Å². The molecule has 130 valence electrons. The third-order valence-electron chi connectivity index (χ3n) is 5.28. The topological polar surface area (TPSA) is 78.9 Å². The Kier molecular flexibility index (Phi) is 4.65. The number of carbonyl (C=O) groups is 1. The van der Waals surface area contributed by atoms with Crippen molar-refractivity contribution in [2.75, 3.05) is 25.0 Å². The lowest BCUT2D eigenvalue weighted by Gasteiger charge is -2.17. The molecule has 1 aliphatic heterocycles. The van der Waals surface area contributed by atoms with Crippen LogP contribution >= 0.6 is 0 Å². The number of hydrogen-bond acceptors (Lipinski definition) is 5. The van der Waals surface area contributed by atoms with Crippen LogP contribution in [0.2, 0.25) is 0 Å². The summed E-state index contributed by atoms with van der Waals surface area (Å²) in [7, 11) is 0. The second-order valence-electron chi connectivity index (χ2n) is 7.28. The zero-order valence-electron chi connectivity index (χ0n) is 14.2. The van der Waals surface area contributed by atoms with Gasteiger partial charge in [0.25, 0.3) is 0 Å². The molecular weight excluding hydrogens is 302 g/mol. The Bertz CT molecular complexity index is 608. The van der Waals surface area contributed by atoms with Crippen molar-refractivity contribution in [2.45, 2.75) is 63.3 Å². The Morgan fingerprint density at radius 3 is 2.67 bits per heavy atom. The summed E-state index contributed by atoms with van der Waals surface area (Å²) in [5.41, 5.74) is 2.36. The Hall–Kier alpha value is -1.69. The molecule has 0 radical (unpaired) electrons. The Morgan fingerprint density at radius 2 is 1.88 bits per heavy atom. The molecule has 0 bridgehead atoms. The minimum absolute atomic E-state index is 0.0685. The van der Waals surface area contributed by atoms with Crippen molar-refractivity contribution in [1.29, 1.82) is 0 Å². The fraction of sp³-hybridized carbons (Fsp3) is 0.722. The second-order valence-corrected chi connectivity index (χ2v) is 7.28. The average molecular weight is 329 g/mol. The molecule has 0 atom stereocenters. The molecule has 3 N–H and O–H groups in total. The monoisotopic (exact) mass is 329 g/mol. The number of hydrogen-bond donors (Lipinski definition) is 3. The molecule has 0 spiro atoms. The molecule has 0 saturated heterocycles. The molecule has 0 aromatic carbocycles. The van der Waals surface area contributed by atoms with E-state index in [1.807, 2.05) is 0 Å². The molecule has 1 amide bonds. The number of nitrogens with zero attached hydrogens (tertiary/aromatic N) is 2. The molecule has 0 unspecified atom stereocenters. The van der Waals surface area contributed by atoms with Crippen molar-refractivity contribution in [3.05, 3.63) is 17.1 Å². The maximum Gasteiger partial charge on any atom is 0.239 e. The highest BCUT2D eigenvalue weighted by atomic mass is 16.2. The molecule has 6 nitrogen and oxygen atoms in total. The van der Waals surface area contributed by atoms with Crippen LogP contribution in [0, 0.1) is 0 Å². The fourth-order valence-electron chi connectivity index (χ4n) is 3.75. The van der Waals surface area contributed by atoms with Crippen molar-refractivity contribution in [3.8, 4) is 0 Å². The number of amides is 1. The van der Waals surface area contributed by atoms with Crippen LogP contribution in [-0.2, 0) is 17.6 Å². The summed E-state index contributed by atoms with van der Waals surface area (Å²) in [6.45, 7) is 2.22. The second kappa shape index (κ2) is 7.05. The van der Waals surface area contributed by atoms with Gasteiger partial charge in [-0.1, -0.05) is 12.8 Å². The van der Waals surface area contributed by atoms with Gasteiger partial charge >= 0.3 is 0 Å². The third-order valence-corrected chi connectivity index (χ3v) is 5.28. The van der Waals surface area contributed by atoms with Crippen LogP contribution in [0.15, 0.2) is 0 Å². The molecular formula is C18H27N5O. The maximum absolute atomic E-state index is 12.0. The number of anilines is 1. The van der Waals surface area contributed by atoms with Gasteiger partial charge in [0.2, 0.25) is 5.91 Å². The van der Waals surface area contributed by atoms with Crippen LogP contribution < -0.4 is 16.0 Å². The number of rotatable bonds is 5. The summed E-state index contributed by atoms with van der Waals surface area (Å²) in [4.78, 5) is 21.8. The first-order chi connectivity index (χ1) is 11.8. The number of nitrogens with one attached hydrogen (secondary N) is 3. The van der Waals surface area contributed by atoms with E-state index in [2.05, 4.69) is 16.0 Å². The van der Waals surface area contributed by atoms with E-state index in [4.69, 9.17) is 9.97 Å². The summed E-state index contributed by atoms with van der Waals surface area (Å²) in [6, 6.07) is 0.403. The summed E-state index contributed by atoms with van der Waals surface area (Å²) >= 11 is 0. The molecule has 24 heavy (non-hydrogen) atoms. The molecule has 2 saturated carbocycles. The first kappa shape index (κ1) is 15.8. The summed E-state index contributed by atoms with van der Waals surface area (Å²) < 4.78 is 0. The van der Waals surface area contributed by atoms with Crippen LogP contribution in [-0.4, -0.2) is 41.6 Å². The van der Waals surface area contributed by atoms with Gasteiger partial charge in [-0.2, -0.15) is 0 Å². The van der Waals surface area contributed by atoms with Gasteiger partial charge in [0.05, 0.1) is 12.2 Å². The quantitative estimate of drug-likeness (QED) is 0.763. The largest absolute Gasteiger partial charge is 0.361 e. The third kappa shape index (κ3) is 3.69. The first-order valence-electron chi connectivity index (χ1n) is 9.43.